The van der Waals surface area contributed by atoms with Gasteiger partial charge < -0.3 is 10.1 Å². The number of ether oxygens (including phenoxy) is 1. The first-order chi connectivity index (χ1) is 5.65. The maximum Gasteiger partial charge on any atom is 0.222 e. The van der Waals surface area contributed by atoms with Crippen LogP contribution in [0, 0.1) is 5.92 Å². The van der Waals surface area contributed by atoms with E-state index in [1.165, 1.54) is 0 Å². The lowest BCUT2D eigenvalue weighted by atomic mass is 9.93. The molecule has 0 aromatic carbocycles. The predicted molar refractivity (Wildman–Crippen MR) is 49.9 cm³/mol. The highest BCUT2D eigenvalue weighted by molar-refractivity contribution is 7.80. The molecule has 0 spiro atoms. The summed E-state index contributed by atoms with van der Waals surface area (Å²) in [6.07, 6.45) is 0.578. The number of β-lactam (4-membered cyclic amide) rings is 1. The molecule has 0 bridgehead atoms. The maximum atomic E-state index is 10.6. The second-order valence-electron chi connectivity index (χ2n) is 2.92. The first kappa shape index (κ1) is 9.45. The van der Waals surface area contributed by atoms with Crippen LogP contribution >= 0.6 is 12.2 Å². The minimum atomic E-state index is 0.103. The number of hydrogen-bond donors (Lipinski definition) is 1. The fraction of sp³-hybridized carbons (Fsp3) is 0.750. The monoisotopic (exact) mass is 187 g/mol. The van der Waals surface area contributed by atoms with Crippen LogP contribution in [-0.2, 0) is 9.53 Å². The zero-order chi connectivity index (χ0) is 9.14. The summed E-state index contributed by atoms with van der Waals surface area (Å²) in [7, 11) is 0. The van der Waals surface area contributed by atoms with Crippen molar-refractivity contribution in [3.8, 4) is 0 Å². The topological polar surface area (TPSA) is 38.3 Å². The van der Waals surface area contributed by atoms with E-state index in [0.717, 1.165) is 0 Å². The highest BCUT2D eigenvalue weighted by Crippen LogP contribution is 2.16. The first-order valence-corrected chi connectivity index (χ1v) is 4.52. The molecule has 1 amide bonds. The van der Waals surface area contributed by atoms with Crippen LogP contribution < -0.4 is 5.32 Å². The second kappa shape index (κ2) is 3.85. The van der Waals surface area contributed by atoms with Gasteiger partial charge in [0.25, 0.3) is 0 Å². The van der Waals surface area contributed by atoms with Gasteiger partial charge in [0.05, 0.1) is 6.61 Å². The molecule has 1 fully saturated rings. The lowest BCUT2D eigenvalue weighted by Crippen LogP contribution is -2.53. The van der Waals surface area contributed by atoms with Crippen LogP contribution in [0.5, 0.6) is 0 Å². The zero-order valence-corrected chi connectivity index (χ0v) is 8.11. The minimum Gasteiger partial charge on any atom is -0.487 e. The van der Waals surface area contributed by atoms with Gasteiger partial charge in [0.15, 0.2) is 5.05 Å². The normalized spacial score (nSPS) is 23.8. The van der Waals surface area contributed by atoms with Gasteiger partial charge in [0, 0.05) is 18.4 Å². The third kappa shape index (κ3) is 1.94. The Kier molecular flexibility index (Phi) is 3.03. The number of carbonyl (C=O) groups excluding carboxylic acids is 1. The molecule has 0 saturated carbocycles. The van der Waals surface area contributed by atoms with Gasteiger partial charge in [-0.05, 0) is 19.1 Å². The Morgan fingerprint density at radius 3 is 2.92 bits per heavy atom. The smallest absolute Gasteiger partial charge is 0.222 e. The van der Waals surface area contributed by atoms with Crippen molar-refractivity contribution in [1.82, 2.24) is 5.32 Å². The van der Waals surface area contributed by atoms with Crippen molar-refractivity contribution in [3.05, 3.63) is 0 Å². The van der Waals surface area contributed by atoms with Crippen LogP contribution in [0.2, 0.25) is 0 Å². The van der Waals surface area contributed by atoms with E-state index in [2.05, 4.69) is 5.32 Å². The SMILES string of the molecule is CCOC(=S)C(C)C1CC(=O)N1. The fourth-order valence-electron chi connectivity index (χ4n) is 1.13. The Morgan fingerprint density at radius 1 is 1.92 bits per heavy atom. The second-order valence-corrected chi connectivity index (χ2v) is 3.32. The van der Waals surface area contributed by atoms with E-state index in [1.807, 2.05) is 13.8 Å². The van der Waals surface area contributed by atoms with Crippen molar-refractivity contribution in [2.75, 3.05) is 6.61 Å². The molecular formula is C8H13NO2S. The van der Waals surface area contributed by atoms with E-state index >= 15 is 0 Å². The Hall–Kier alpha value is -0.640. The Balaban J connectivity index is 2.32. The molecule has 12 heavy (non-hydrogen) atoms. The summed E-state index contributed by atoms with van der Waals surface area (Å²) in [6.45, 7) is 4.48. The molecule has 2 atom stereocenters. The zero-order valence-electron chi connectivity index (χ0n) is 7.29. The number of thiocarbonyl (C=S) groups is 1. The molecule has 2 unspecified atom stereocenters. The molecule has 1 rings (SSSR count). The molecule has 4 heteroatoms. The van der Waals surface area contributed by atoms with Crippen LogP contribution in [0.3, 0.4) is 0 Å². The summed E-state index contributed by atoms with van der Waals surface area (Å²) in [4.78, 5) is 10.6. The highest BCUT2D eigenvalue weighted by Gasteiger charge is 2.32. The number of hydrogen-bond acceptors (Lipinski definition) is 3. The average molecular weight is 187 g/mol. The maximum absolute atomic E-state index is 10.6. The lowest BCUT2D eigenvalue weighted by molar-refractivity contribution is -0.128. The van der Waals surface area contributed by atoms with Gasteiger partial charge in [0.2, 0.25) is 5.91 Å². The molecule has 68 valence electrons. The molecule has 3 nitrogen and oxygen atoms in total. The molecule has 1 aliphatic rings. The number of rotatable bonds is 3. The summed E-state index contributed by atoms with van der Waals surface area (Å²) < 4.78 is 5.18. The van der Waals surface area contributed by atoms with Crippen molar-refractivity contribution in [2.45, 2.75) is 26.3 Å². The molecule has 1 saturated heterocycles. The van der Waals surface area contributed by atoms with E-state index < -0.39 is 0 Å². The molecule has 0 aliphatic carbocycles. The Labute approximate surface area is 77.5 Å². The van der Waals surface area contributed by atoms with E-state index in [9.17, 15) is 4.79 Å². The Bertz CT molecular complexity index is 197. The summed E-state index contributed by atoms with van der Waals surface area (Å²) in [5, 5.41) is 3.37. The van der Waals surface area contributed by atoms with Crippen molar-refractivity contribution in [1.29, 1.82) is 0 Å². The van der Waals surface area contributed by atoms with Crippen molar-refractivity contribution >= 4 is 23.2 Å². The third-order valence-corrected chi connectivity index (χ3v) is 2.50. The first-order valence-electron chi connectivity index (χ1n) is 4.11. The largest absolute Gasteiger partial charge is 0.487 e. The molecule has 1 N–H and O–H groups in total. The Morgan fingerprint density at radius 2 is 2.50 bits per heavy atom. The van der Waals surface area contributed by atoms with Crippen molar-refractivity contribution in [2.24, 2.45) is 5.92 Å². The molecule has 1 aliphatic heterocycles. The molecular weight excluding hydrogens is 174 g/mol. The van der Waals surface area contributed by atoms with E-state index in [-0.39, 0.29) is 17.9 Å². The van der Waals surface area contributed by atoms with Crippen LogP contribution in [0.1, 0.15) is 20.3 Å². The van der Waals surface area contributed by atoms with Crippen molar-refractivity contribution < 1.29 is 9.53 Å². The van der Waals surface area contributed by atoms with Gasteiger partial charge in [-0.2, -0.15) is 0 Å². The van der Waals surface area contributed by atoms with E-state index in [4.69, 9.17) is 17.0 Å². The number of amides is 1. The molecule has 0 radical (unpaired) electrons. The van der Waals surface area contributed by atoms with Crippen LogP contribution in [0.4, 0.5) is 0 Å². The summed E-state index contributed by atoms with van der Waals surface area (Å²) in [6, 6.07) is 0.191. The standard InChI is InChI=1S/C8H13NO2S/c1-3-11-8(12)5(2)6-4-7(10)9-6/h5-6H,3-4H2,1-2H3,(H,9,10). The fourth-order valence-corrected chi connectivity index (χ4v) is 1.41. The minimum absolute atomic E-state index is 0.103. The molecule has 0 aromatic rings. The third-order valence-electron chi connectivity index (χ3n) is 2.01. The van der Waals surface area contributed by atoms with Crippen molar-refractivity contribution in [3.63, 3.8) is 0 Å². The van der Waals surface area contributed by atoms with Gasteiger partial charge in [0.1, 0.15) is 0 Å². The average Bonchev–Trinajstić information content (AvgIpc) is 1.98. The number of carbonyl (C=O) groups is 1. The van der Waals surface area contributed by atoms with Crippen LogP contribution in [0.15, 0.2) is 0 Å². The molecule has 1 heterocycles. The summed E-state index contributed by atoms with van der Waals surface area (Å²) >= 11 is 5.02. The molecule has 0 aromatic heterocycles. The van der Waals surface area contributed by atoms with Gasteiger partial charge in [-0.3, -0.25) is 4.79 Å². The van der Waals surface area contributed by atoms with E-state index in [0.29, 0.717) is 18.1 Å². The van der Waals surface area contributed by atoms with E-state index in [1.54, 1.807) is 0 Å². The van der Waals surface area contributed by atoms with Gasteiger partial charge in [-0.15, -0.1) is 0 Å². The summed E-state index contributed by atoms with van der Waals surface area (Å²) in [5.74, 6) is 0.254. The number of nitrogens with one attached hydrogen (secondary N) is 1. The van der Waals surface area contributed by atoms with Gasteiger partial charge in [-0.1, -0.05) is 6.92 Å². The lowest BCUT2D eigenvalue weighted by Gasteiger charge is -2.32. The quantitative estimate of drug-likeness (QED) is 0.526. The van der Waals surface area contributed by atoms with Gasteiger partial charge >= 0.3 is 0 Å². The highest BCUT2D eigenvalue weighted by atomic mass is 32.1. The van der Waals surface area contributed by atoms with Gasteiger partial charge in [-0.25, -0.2) is 0 Å². The summed E-state index contributed by atoms with van der Waals surface area (Å²) in [5.41, 5.74) is 0. The van der Waals surface area contributed by atoms with Crippen LogP contribution in [-0.4, -0.2) is 23.6 Å². The predicted octanol–water partition coefficient (Wildman–Crippen LogP) is 0.875. The van der Waals surface area contributed by atoms with Crippen LogP contribution in [0.25, 0.3) is 0 Å².